The molecule has 0 aliphatic rings. The van der Waals surface area contributed by atoms with Crippen LogP contribution in [0, 0.1) is 6.92 Å². The standard InChI is InChI=1S/C20H23ClN4O3S/c1-4-25-19(14(3)28-15-7-8-17(21)13(2)10-15)23-24-20(25)29-12-18(26)22-11-16-6-5-9-27-16/h5-10,14H,4,11-12H2,1-3H3,(H,22,26). The third-order valence-electron chi connectivity index (χ3n) is 4.24. The largest absolute Gasteiger partial charge is 0.483 e. The van der Waals surface area contributed by atoms with E-state index in [4.69, 9.17) is 20.8 Å². The molecular weight excluding hydrogens is 412 g/mol. The van der Waals surface area contributed by atoms with Gasteiger partial charge in [0.2, 0.25) is 5.91 Å². The van der Waals surface area contributed by atoms with Crippen LogP contribution in [0.15, 0.2) is 46.2 Å². The van der Waals surface area contributed by atoms with Crippen molar-refractivity contribution in [2.75, 3.05) is 5.75 Å². The van der Waals surface area contributed by atoms with Crippen molar-refractivity contribution in [3.05, 3.63) is 58.8 Å². The second kappa shape index (κ2) is 9.84. The summed E-state index contributed by atoms with van der Waals surface area (Å²) in [6, 6.07) is 9.14. The zero-order chi connectivity index (χ0) is 20.8. The van der Waals surface area contributed by atoms with Crippen LogP contribution in [0.4, 0.5) is 0 Å². The Kier molecular flexibility index (Phi) is 7.22. The molecule has 0 fully saturated rings. The van der Waals surface area contributed by atoms with E-state index in [1.165, 1.54) is 11.8 Å². The quantitative estimate of drug-likeness (QED) is 0.502. The lowest BCUT2D eigenvalue weighted by atomic mass is 10.2. The Morgan fingerprint density at radius 2 is 2.21 bits per heavy atom. The van der Waals surface area contributed by atoms with Crippen LogP contribution in [0.2, 0.25) is 5.02 Å². The molecule has 0 saturated carbocycles. The minimum absolute atomic E-state index is 0.0976. The molecule has 29 heavy (non-hydrogen) atoms. The van der Waals surface area contributed by atoms with E-state index in [1.54, 1.807) is 12.3 Å². The third-order valence-corrected chi connectivity index (χ3v) is 5.63. The number of rotatable bonds is 9. The minimum atomic E-state index is -0.301. The van der Waals surface area contributed by atoms with Crippen molar-refractivity contribution in [2.24, 2.45) is 0 Å². The highest BCUT2D eigenvalue weighted by atomic mass is 35.5. The number of hydrogen-bond acceptors (Lipinski definition) is 6. The van der Waals surface area contributed by atoms with E-state index in [9.17, 15) is 4.79 Å². The molecule has 154 valence electrons. The van der Waals surface area contributed by atoms with Crippen molar-refractivity contribution in [3.63, 3.8) is 0 Å². The van der Waals surface area contributed by atoms with Gasteiger partial charge in [0.15, 0.2) is 17.1 Å². The number of benzene rings is 1. The molecule has 0 spiro atoms. The van der Waals surface area contributed by atoms with Crippen molar-refractivity contribution in [2.45, 2.75) is 45.1 Å². The highest BCUT2D eigenvalue weighted by Crippen LogP contribution is 2.27. The first-order valence-corrected chi connectivity index (χ1v) is 10.6. The first-order valence-electron chi connectivity index (χ1n) is 9.25. The fourth-order valence-electron chi connectivity index (χ4n) is 2.73. The van der Waals surface area contributed by atoms with Gasteiger partial charge in [-0.1, -0.05) is 23.4 Å². The molecule has 2 aromatic heterocycles. The lowest BCUT2D eigenvalue weighted by Crippen LogP contribution is -2.24. The summed E-state index contributed by atoms with van der Waals surface area (Å²) in [5.41, 5.74) is 0.949. The molecule has 0 bridgehead atoms. The summed E-state index contributed by atoms with van der Waals surface area (Å²) in [7, 11) is 0. The van der Waals surface area contributed by atoms with Gasteiger partial charge in [0.05, 0.1) is 18.6 Å². The zero-order valence-corrected chi connectivity index (χ0v) is 18.1. The summed E-state index contributed by atoms with van der Waals surface area (Å²) < 4.78 is 13.2. The molecule has 0 saturated heterocycles. The summed E-state index contributed by atoms with van der Waals surface area (Å²) in [6.07, 6.45) is 1.28. The Morgan fingerprint density at radius 3 is 2.90 bits per heavy atom. The monoisotopic (exact) mass is 434 g/mol. The number of hydrogen-bond donors (Lipinski definition) is 1. The Morgan fingerprint density at radius 1 is 1.38 bits per heavy atom. The van der Waals surface area contributed by atoms with Gasteiger partial charge in [0, 0.05) is 11.6 Å². The van der Waals surface area contributed by atoms with E-state index >= 15 is 0 Å². The number of carbonyl (C=O) groups excluding carboxylic acids is 1. The maximum absolute atomic E-state index is 12.1. The summed E-state index contributed by atoms with van der Waals surface area (Å²) >= 11 is 7.41. The lowest BCUT2D eigenvalue weighted by molar-refractivity contribution is -0.118. The molecule has 3 rings (SSSR count). The first kappa shape index (κ1) is 21.3. The molecule has 0 aliphatic carbocycles. The van der Waals surface area contributed by atoms with Crippen LogP contribution in [0.25, 0.3) is 0 Å². The molecule has 1 unspecified atom stereocenters. The van der Waals surface area contributed by atoms with Crippen LogP contribution in [-0.2, 0) is 17.9 Å². The van der Waals surface area contributed by atoms with Crippen LogP contribution >= 0.6 is 23.4 Å². The van der Waals surface area contributed by atoms with Gasteiger partial charge >= 0.3 is 0 Å². The van der Waals surface area contributed by atoms with Crippen molar-refractivity contribution in [3.8, 4) is 5.75 Å². The number of amides is 1. The number of furan rings is 1. The van der Waals surface area contributed by atoms with Gasteiger partial charge in [-0.15, -0.1) is 10.2 Å². The van der Waals surface area contributed by atoms with Crippen molar-refractivity contribution in [1.82, 2.24) is 20.1 Å². The summed E-state index contributed by atoms with van der Waals surface area (Å²) in [4.78, 5) is 12.1. The van der Waals surface area contributed by atoms with Gasteiger partial charge in [-0.2, -0.15) is 0 Å². The minimum Gasteiger partial charge on any atom is -0.483 e. The second-order valence-electron chi connectivity index (χ2n) is 6.40. The average molecular weight is 435 g/mol. The van der Waals surface area contributed by atoms with Gasteiger partial charge in [0.1, 0.15) is 11.5 Å². The van der Waals surface area contributed by atoms with E-state index in [2.05, 4.69) is 15.5 Å². The predicted molar refractivity (Wildman–Crippen MR) is 112 cm³/mol. The molecular formula is C20H23ClN4O3S. The number of aromatic nitrogens is 3. The van der Waals surface area contributed by atoms with Crippen LogP contribution in [0.1, 0.15) is 37.1 Å². The highest BCUT2D eigenvalue weighted by molar-refractivity contribution is 7.99. The molecule has 1 atom stereocenters. The van der Waals surface area contributed by atoms with E-state index in [0.717, 1.165) is 11.3 Å². The molecule has 9 heteroatoms. The maximum Gasteiger partial charge on any atom is 0.230 e. The van der Waals surface area contributed by atoms with Gasteiger partial charge < -0.3 is 19.0 Å². The summed E-state index contributed by atoms with van der Waals surface area (Å²) in [5.74, 6) is 2.28. The van der Waals surface area contributed by atoms with Crippen LogP contribution in [0.3, 0.4) is 0 Å². The van der Waals surface area contributed by atoms with Gasteiger partial charge in [-0.3, -0.25) is 4.79 Å². The van der Waals surface area contributed by atoms with E-state index in [1.807, 2.05) is 49.6 Å². The summed E-state index contributed by atoms with van der Waals surface area (Å²) in [6.45, 7) is 6.90. The van der Waals surface area contributed by atoms with Crippen LogP contribution in [-0.4, -0.2) is 26.4 Å². The SMILES string of the molecule is CCn1c(SCC(=O)NCc2ccco2)nnc1C(C)Oc1ccc(Cl)c(C)c1. The van der Waals surface area contributed by atoms with E-state index < -0.39 is 0 Å². The topological polar surface area (TPSA) is 82.2 Å². The number of thioether (sulfide) groups is 1. The predicted octanol–water partition coefficient (Wildman–Crippen LogP) is 4.40. The van der Waals surface area contributed by atoms with Gasteiger partial charge in [-0.05, 0) is 56.7 Å². The number of aryl methyl sites for hydroxylation is 1. The third kappa shape index (κ3) is 5.55. The van der Waals surface area contributed by atoms with Crippen molar-refractivity contribution in [1.29, 1.82) is 0 Å². The molecule has 0 radical (unpaired) electrons. The highest BCUT2D eigenvalue weighted by Gasteiger charge is 2.19. The average Bonchev–Trinajstić information content (AvgIpc) is 3.36. The van der Waals surface area contributed by atoms with E-state index in [-0.39, 0.29) is 17.8 Å². The second-order valence-corrected chi connectivity index (χ2v) is 7.75. The molecule has 0 aliphatic heterocycles. The lowest BCUT2D eigenvalue weighted by Gasteiger charge is -2.16. The summed E-state index contributed by atoms with van der Waals surface area (Å²) in [5, 5.41) is 12.7. The van der Waals surface area contributed by atoms with Crippen LogP contribution in [0.5, 0.6) is 5.75 Å². The molecule has 1 amide bonds. The van der Waals surface area contributed by atoms with Gasteiger partial charge in [0.25, 0.3) is 0 Å². The molecule has 1 aromatic carbocycles. The Bertz CT molecular complexity index is 959. The van der Waals surface area contributed by atoms with Gasteiger partial charge in [-0.25, -0.2) is 0 Å². The number of nitrogens with zero attached hydrogens (tertiary/aromatic N) is 3. The Balaban J connectivity index is 1.59. The smallest absolute Gasteiger partial charge is 0.230 e. The molecule has 2 heterocycles. The Labute approximate surface area is 178 Å². The zero-order valence-electron chi connectivity index (χ0n) is 16.5. The fraction of sp³-hybridized carbons (Fsp3) is 0.350. The Hall–Kier alpha value is -2.45. The van der Waals surface area contributed by atoms with Crippen molar-refractivity contribution >= 4 is 29.3 Å². The number of halogens is 1. The van der Waals surface area contributed by atoms with Crippen LogP contribution < -0.4 is 10.1 Å². The fourth-order valence-corrected chi connectivity index (χ4v) is 3.69. The number of carbonyl (C=O) groups is 1. The first-order chi connectivity index (χ1) is 14.0. The molecule has 1 N–H and O–H groups in total. The normalized spacial score (nSPS) is 12.0. The number of nitrogens with one attached hydrogen (secondary N) is 1. The molecule has 7 nitrogen and oxygen atoms in total. The van der Waals surface area contributed by atoms with Crippen molar-refractivity contribution < 1.29 is 13.9 Å². The molecule has 3 aromatic rings. The number of ether oxygens (including phenoxy) is 1. The van der Waals surface area contributed by atoms with E-state index in [0.29, 0.717) is 34.9 Å². The maximum atomic E-state index is 12.1.